The number of piperazine rings is 1. The van der Waals surface area contributed by atoms with Crippen LogP contribution in [0.1, 0.15) is 27.0 Å². The van der Waals surface area contributed by atoms with Crippen molar-refractivity contribution in [2.45, 2.75) is 25.7 Å². The summed E-state index contributed by atoms with van der Waals surface area (Å²) in [4.78, 5) is 14.5. The molecule has 0 aromatic heterocycles. The van der Waals surface area contributed by atoms with Gasteiger partial charge in [-0.25, -0.2) is 12.8 Å². The minimum Gasteiger partial charge on any atom is -0.336 e. The van der Waals surface area contributed by atoms with Crippen LogP contribution in [0.2, 0.25) is 0 Å². The minimum absolute atomic E-state index is 0.218. The molecule has 1 amide bonds. The predicted octanol–water partition coefficient (Wildman–Crippen LogP) is 2.90. The number of carbonyl (C=O) groups is 1. The van der Waals surface area contributed by atoms with Crippen LogP contribution in [0.5, 0.6) is 0 Å². The normalized spacial score (nSPS) is 15.8. The summed E-state index contributed by atoms with van der Waals surface area (Å²) in [7, 11) is -3.59. The van der Waals surface area contributed by atoms with Gasteiger partial charge >= 0.3 is 0 Å². The zero-order valence-corrected chi connectivity index (χ0v) is 16.5. The summed E-state index contributed by atoms with van der Waals surface area (Å²) >= 11 is 0. The van der Waals surface area contributed by atoms with Gasteiger partial charge in [0.15, 0.2) is 0 Å². The largest absolute Gasteiger partial charge is 0.336 e. The summed E-state index contributed by atoms with van der Waals surface area (Å²) < 4.78 is 40.6. The van der Waals surface area contributed by atoms with Crippen LogP contribution in [0.15, 0.2) is 41.3 Å². The molecule has 2 aromatic carbocycles. The number of carbonyl (C=O) groups excluding carboxylic acids is 1. The molecular formula is C20H23FN2O3S. The van der Waals surface area contributed by atoms with Gasteiger partial charge < -0.3 is 4.90 Å². The fraction of sp³-hybridized carbons (Fsp3) is 0.350. The van der Waals surface area contributed by atoms with E-state index in [0.29, 0.717) is 11.1 Å². The Labute approximate surface area is 159 Å². The average Bonchev–Trinajstić information content (AvgIpc) is 2.65. The van der Waals surface area contributed by atoms with Crippen LogP contribution in [0.3, 0.4) is 0 Å². The Morgan fingerprint density at radius 1 is 0.889 bits per heavy atom. The molecule has 0 radical (unpaired) electrons. The Balaban J connectivity index is 1.73. The Hall–Kier alpha value is -2.25. The van der Waals surface area contributed by atoms with Crippen molar-refractivity contribution >= 4 is 15.9 Å². The molecule has 0 aliphatic carbocycles. The van der Waals surface area contributed by atoms with Gasteiger partial charge in [-0.2, -0.15) is 4.31 Å². The Morgan fingerprint density at radius 3 is 2.15 bits per heavy atom. The highest BCUT2D eigenvalue weighted by Gasteiger charge is 2.31. The highest BCUT2D eigenvalue weighted by atomic mass is 32.2. The van der Waals surface area contributed by atoms with Crippen molar-refractivity contribution in [1.82, 2.24) is 9.21 Å². The van der Waals surface area contributed by atoms with Gasteiger partial charge in [-0.3, -0.25) is 4.79 Å². The van der Waals surface area contributed by atoms with Crippen LogP contribution in [0, 0.1) is 26.6 Å². The number of benzene rings is 2. The van der Waals surface area contributed by atoms with E-state index >= 15 is 0 Å². The van der Waals surface area contributed by atoms with E-state index < -0.39 is 15.8 Å². The maximum Gasteiger partial charge on any atom is 0.254 e. The van der Waals surface area contributed by atoms with E-state index in [-0.39, 0.29) is 37.0 Å². The lowest BCUT2D eigenvalue weighted by atomic mass is 10.1. The van der Waals surface area contributed by atoms with Gasteiger partial charge in [-0.15, -0.1) is 0 Å². The first-order valence-corrected chi connectivity index (χ1v) is 10.3. The second kappa shape index (κ2) is 7.40. The Bertz CT molecular complexity index is 981. The maximum absolute atomic E-state index is 13.5. The molecule has 5 nitrogen and oxygen atoms in total. The van der Waals surface area contributed by atoms with Crippen LogP contribution >= 0.6 is 0 Å². The van der Waals surface area contributed by atoms with Crippen molar-refractivity contribution in [3.8, 4) is 0 Å². The summed E-state index contributed by atoms with van der Waals surface area (Å²) in [5.74, 6) is -0.727. The molecule has 1 saturated heterocycles. The molecule has 0 N–H and O–H groups in total. The zero-order chi connectivity index (χ0) is 19.8. The number of sulfonamides is 1. The molecule has 0 atom stereocenters. The molecular weight excluding hydrogens is 367 g/mol. The van der Waals surface area contributed by atoms with Crippen molar-refractivity contribution < 1.29 is 17.6 Å². The van der Waals surface area contributed by atoms with Crippen LogP contribution in [-0.2, 0) is 10.0 Å². The number of hydrogen-bond donors (Lipinski definition) is 0. The molecule has 1 aliphatic rings. The Morgan fingerprint density at radius 2 is 1.52 bits per heavy atom. The fourth-order valence-corrected chi connectivity index (χ4v) is 4.66. The van der Waals surface area contributed by atoms with E-state index in [4.69, 9.17) is 0 Å². The number of amides is 1. The van der Waals surface area contributed by atoms with Crippen molar-refractivity contribution in [2.75, 3.05) is 26.2 Å². The quantitative estimate of drug-likeness (QED) is 0.810. The smallest absolute Gasteiger partial charge is 0.254 e. The predicted molar refractivity (Wildman–Crippen MR) is 102 cm³/mol. The monoisotopic (exact) mass is 390 g/mol. The third-order valence-corrected chi connectivity index (χ3v) is 6.97. The van der Waals surface area contributed by atoms with Crippen molar-refractivity contribution in [1.29, 1.82) is 0 Å². The van der Waals surface area contributed by atoms with E-state index in [1.165, 1.54) is 16.4 Å². The molecule has 1 heterocycles. The molecule has 0 spiro atoms. The van der Waals surface area contributed by atoms with Gasteiger partial charge in [-0.1, -0.05) is 12.1 Å². The number of hydrogen-bond acceptors (Lipinski definition) is 3. The first-order chi connectivity index (χ1) is 12.7. The van der Waals surface area contributed by atoms with Gasteiger partial charge in [0.05, 0.1) is 4.90 Å². The van der Waals surface area contributed by atoms with E-state index in [2.05, 4.69) is 0 Å². The highest BCUT2D eigenvalue weighted by Crippen LogP contribution is 2.21. The molecule has 0 saturated carbocycles. The lowest BCUT2D eigenvalue weighted by molar-refractivity contribution is 0.0696. The van der Waals surface area contributed by atoms with Gasteiger partial charge in [-0.05, 0) is 61.7 Å². The molecule has 1 aliphatic heterocycles. The molecule has 1 fully saturated rings. The SMILES string of the molecule is Cc1ccc(S(=O)(=O)N2CCN(C(=O)c3cc(F)ccc3C)CC2)cc1C. The van der Waals surface area contributed by atoms with Crippen LogP contribution in [-0.4, -0.2) is 49.7 Å². The summed E-state index contributed by atoms with van der Waals surface area (Å²) in [6, 6.07) is 9.22. The van der Waals surface area contributed by atoms with Crippen molar-refractivity contribution in [2.24, 2.45) is 0 Å². The average molecular weight is 390 g/mol. The highest BCUT2D eigenvalue weighted by molar-refractivity contribution is 7.89. The molecule has 0 bridgehead atoms. The minimum atomic E-state index is -3.59. The van der Waals surface area contributed by atoms with Crippen molar-refractivity contribution in [3.05, 3.63) is 64.5 Å². The zero-order valence-electron chi connectivity index (χ0n) is 15.7. The molecule has 27 heavy (non-hydrogen) atoms. The summed E-state index contributed by atoms with van der Waals surface area (Å²) in [5.41, 5.74) is 2.98. The fourth-order valence-electron chi connectivity index (χ4n) is 3.15. The molecule has 144 valence electrons. The van der Waals surface area contributed by atoms with E-state index in [9.17, 15) is 17.6 Å². The molecule has 0 unspecified atom stereocenters. The molecule has 7 heteroatoms. The van der Waals surface area contributed by atoms with E-state index in [0.717, 1.165) is 11.1 Å². The topological polar surface area (TPSA) is 57.7 Å². The lowest BCUT2D eigenvalue weighted by Crippen LogP contribution is -2.50. The summed E-state index contributed by atoms with van der Waals surface area (Å²) in [5, 5.41) is 0. The number of aryl methyl sites for hydroxylation is 3. The first-order valence-electron chi connectivity index (χ1n) is 8.83. The Kier molecular flexibility index (Phi) is 5.35. The van der Waals surface area contributed by atoms with Gasteiger partial charge in [0.25, 0.3) is 5.91 Å². The lowest BCUT2D eigenvalue weighted by Gasteiger charge is -2.34. The molecule has 2 aromatic rings. The third-order valence-electron chi connectivity index (χ3n) is 5.07. The maximum atomic E-state index is 13.5. The van der Waals surface area contributed by atoms with E-state index in [1.807, 2.05) is 13.8 Å². The molecule has 3 rings (SSSR count). The van der Waals surface area contributed by atoms with Crippen LogP contribution in [0.4, 0.5) is 4.39 Å². The second-order valence-corrected chi connectivity index (χ2v) is 8.84. The van der Waals surface area contributed by atoms with Gasteiger partial charge in [0.2, 0.25) is 10.0 Å². The number of halogens is 1. The summed E-state index contributed by atoms with van der Waals surface area (Å²) in [6.07, 6.45) is 0. The summed E-state index contributed by atoms with van der Waals surface area (Å²) in [6.45, 7) is 6.56. The number of rotatable bonds is 3. The first kappa shape index (κ1) is 19.5. The van der Waals surface area contributed by atoms with Gasteiger partial charge in [0, 0.05) is 31.7 Å². The van der Waals surface area contributed by atoms with E-state index in [1.54, 1.807) is 36.1 Å². The van der Waals surface area contributed by atoms with Crippen LogP contribution in [0.25, 0.3) is 0 Å². The van der Waals surface area contributed by atoms with Crippen LogP contribution < -0.4 is 0 Å². The number of nitrogens with zero attached hydrogens (tertiary/aromatic N) is 2. The third kappa shape index (κ3) is 3.89. The standard InChI is InChI=1S/C20H23FN2O3S/c1-14-5-7-18(12-16(14)3)27(25,26)23-10-8-22(9-11-23)20(24)19-13-17(21)6-4-15(19)2/h4-7,12-13H,8-11H2,1-3H3. The van der Waals surface area contributed by atoms with Gasteiger partial charge in [0.1, 0.15) is 5.82 Å². The van der Waals surface area contributed by atoms with Crippen molar-refractivity contribution in [3.63, 3.8) is 0 Å². The second-order valence-electron chi connectivity index (χ2n) is 6.90.